The van der Waals surface area contributed by atoms with E-state index in [4.69, 9.17) is 23.7 Å². The molecule has 2 unspecified atom stereocenters. The summed E-state index contributed by atoms with van der Waals surface area (Å²) >= 11 is 0. The molecule has 3 atom stereocenters. The predicted molar refractivity (Wildman–Crippen MR) is 145 cm³/mol. The third-order valence-electron chi connectivity index (χ3n) is 5.81. The minimum atomic E-state index is -1.31. The van der Waals surface area contributed by atoms with E-state index in [1.54, 1.807) is 26.8 Å². The van der Waals surface area contributed by atoms with Gasteiger partial charge in [0.15, 0.2) is 23.2 Å². The molecule has 1 aromatic heterocycles. The van der Waals surface area contributed by atoms with Crippen molar-refractivity contribution in [1.29, 1.82) is 0 Å². The fourth-order valence-electron chi connectivity index (χ4n) is 3.77. The minimum Gasteiger partial charge on any atom is -0.493 e. The Kier molecular flexibility index (Phi) is 12.9. The highest BCUT2D eigenvalue weighted by Crippen LogP contribution is 2.30. The van der Waals surface area contributed by atoms with Crippen molar-refractivity contribution in [2.24, 2.45) is 11.8 Å². The second-order valence-electron chi connectivity index (χ2n) is 9.40. The molecular formula is C29H38N2O9. The monoisotopic (exact) mass is 558 g/mol. The SMILES string of the molecule is C=C/C=C(\C=C/CC)CC1CC(C)OC(=O)[C@@H](NC(=O)c2nccc(OC)c2OCOC(=O)C(C)C)COC1=O. The van der Waals surface area contributed by atoms with Crippen molar-refractivity contribution in [2.75, 3.05) is 20.5 Å². The molecule has 1 N–H and O–H groups in total. The zero-order chi connectivity index (χ0) is 29.7. The van der Waals surface area contributed by atoms with Gasteiger partial charge in [-0.05, 0) is 31.8 Å². The Morgan fingerprint density at radius 3 is 2.67 bits per heavy atom. The van der Waals surface area contributed by atoms with Crippen molar-refractivity contribution in [2.45, 2.75) is 59.1 Å². The van der Waals surface area contributed by atoms with Crippen molar-refractivity contribution in [3.05, 3.63) is 54.4 Å². The van der Waals surface area contributed by atoms with Gasteiger partial charge in [0.1, 0.15) is 6.61 Å². The summed E-state index contributed by atoms with van der Waals surface area (Å²) in [6, 6.07) is 0.152. The molecule has 1 fully saturated rings. The van der Waals surface area contributed by atoms with Crippen molar-refractivity contribution in [3.8, 4) is 11.5 Å². The lowest BCUT2D eigenvalue weighted by molar-refractivity contribution is -0.154. The zero-order valence-corrected chi connectivity index (χ0v) is 23.6. The predicted octanol–water partition coefficient (Wildman–Crippen LogP) is 3.69. The minimum absolute atomic E-state index is 0.0948. The molecule has 0 saturated carbocycles. The number of cyclic esters (lactones) is 2. The molecule has 1 aliphatic rings. The van der Waals surface area contributed by atoms with E-state index in [-0.39, 0.29) is 29.5 Å². The number of pyridine rings is 1. The van der Waals surface area contributed by atoms with Gasteiger partial charge < -0.3 is 29.0 Å². The van der Waals surface area contributed by atoms with Crippen LogP contribution in [-0.2, 0) is 28.6 Å². The van der Waals surface area contributed by atoms with Crippen LogP contribution in [0.15, 0.2) is 48.7 Å². The van der Waals surface area contributed by atoms with Crippen molar-refractivity contribution in [3.63, 3.8) is 0 Å². The summed E-state index contributed by atoms with van der Waals surface area (Å²) in [5.41, 5.74) is 0.656. The number of nitrogens with one attached hydrogen (secondary N) is 1. The van der Waals surface area contributed by atoms with Crippen molar-refractivity contribution in [1.82, 2.24) is 10.3 Å². The van der Waals surface area contributed by atoms with Crippen molar-refractivity contribution < 1.29 is 42.9 Å². The third-order valence-corrected chi connectivity index (χ3v) is 5.81. The van der Waals surface area contributed by atoms with Crippen LogP contribution >= 0.6 is 0 Å². The van der Waals surface area contributed by atoms with Crippen LogP contribution in [0, 0.1) is 11.8 Å². The molecule has 1 aromatic rings. The highest BCUT2D eigenvalue weighted by molar-refractivity contribution is 5.98. The second-order valence-corrected chi connectivity index (χ2v) is 9.40. The normalized spacial score (nSPS) is 20.1. The first kappa shape index (κ1) is 32.1. The number of ether oxygens (including phenoxy) is 5. The number of carbonyl (C=O) groups excluding carboxylic acids is 4. The molecule has 2 heterocycles. The standard InChI is InChI=1S/C29H38N2O9/c1-7-9-11-20(10-8-2)15-21-14-19(5)40-29(35)22(16-37-28(21)34)31-26(32)24-25(23(36-6)12-13-30-24)38-17-39-27(33)18(3)4/h8-13,18-19,21-22H,2,7,14-17H2,1,3-6H3,(H,31,32)/b11-9-,20-10+/t19?,21?,22-/m0/s1. The quantitative estimate of drug-likeness (QED) is 0.175. The van der Waals surface area contributed by atoms with Gasteiger partial charge in [-0.3, -0.25) is 14.4 Å². The number of allylic oxidation sites excluding steroid dienone is 5. The number of methoxy groups -OCH3 is 1. The van der Waals surface area contributed by atoms with Crippen LogP contribution < -0.4 is 14.8 Å². The summed E-state index contributed by atoms with van der Waals surface area (Å²) in [5.74, 6) is -3.48. The second kappa shape index (κ2) is 16.1. The highest BCUT2D eigenvalue weighted by Gasteiger charge is 2.33. The van der Waals surface area contributed by atoms with Crippen LogP contribution in [0.25, 0.3) is 0 Å². The van der Waals surface area contributed by atoms with Crippen LogP contribution in [0.2, 0.25) is 0 Å². The molecule has 11 heteroatoms. The lowest BCUT2D eigenvalue weighted by Gasteiger charge is -2.19. The van der Waals surface area contributed by atoms with E-state index in [0.717, 1.165) is 12.0 Å². The Morgan fingerprint density at radius 2 is 2.02 bits per heavy atom. The number of hydrogen-bond donors (Lipinski definition) is 1. The topological polar surface area (TPSA) is 139 Å². The molecule has 1 amide bonds. The molecule has 1 aliphatic heterocycles. The van der Waals surface area contributed by atoms with Gasteiger partial charge in [-0.15, -0.1) is 0 Å². The molecule has 0 spiro atoms. The fourth-order valence-corrected chi connectivity index (χ4v) is 3.77. The molecular weight excluding hydrogens is 520 g/mol. The number of carbonyl (C=O) groups is 4. The van der Waals surface area contributed by atoms with E-state index in [1.807, 2.05) is 25.2 Å². The first-order chi connectivity index (χ1) is 19.1. The number of rotatable bonds is 12. The summed E-state index contributed by atoms with van der Waals surface area (Å²) in [4.78, 5) is 54.9. The molecule has 2 rings (SSSR count). The summed E-state index contributed by atoms with van der Waals surface area (Å²) in [5, 5.41) is 2.50. The largest absolute Gasteiger partial charge is 0.493 e. The average Bonchev–Trinajstić information content (AvgIpc) is 2.96. The summed E-state index contributed by atoms with van der Waals surface area (Å²) in [6.07, 6.45) is 9.50. The first-order valence-corrected chi connectivity index (χ1v) is 13.1. The first-order valence-electron chi connectivity index (χ1n) is 13.1. The molecule has 0 radical (unpaired) electrons. The van der Waals surface area contributed by atoms with Gasteiger partial charge in [0.05, 0.1) is 25.0 Å². The summed E-state index contributed by atoms with van der Waals surface area (Å²) in [7, 11) is 1.37. The van der Waals surface area contributed by atoms with Gasteiger partial charge >= 0.3 is 17.9 Å². The lowest BCUT2D eigenvalue weighted by Crippen LogP contribution is -2.46. The number of amides is 1. The van der Waals surface area contributed by atoms with Crippen LogP contribution in [0.4, 0.5) is 0 Å². The highest BCUT2D eigenvalue weighted by atomic mass is 16.7. The maximum atomic E-state index is 13.2. The molecule has 218 valence electrons. The number of aromatic nitrogens is 1. The van der Waals surface area contributed by atoms with Gasteiger partial charge in [0.2, 0.25) is 6.79 Å². The van der Waals surface area contributed by atoms with Gasteiger partial charge in [0, 0.05) is 12.3 Å². The van der Waals surface area contributed by atoms with Gasteiger partial charge in [-0.1, -0.05) is 51.7 Å². The van der Waals surface area contributed by atoms with E-state index >= 15 is 0 Å². The Morgan fingerprint density at radius 1 is 1.27 bits per heavy atom. The maximum Gasteiger partial charge on any atom is 0.332 e. The maximum absolute atomic E-state index is 13.2. The molecule has 0 bridgehead atoms. The van der Waals surface area contributed by atoms with Crippen LogP contribution in [0.5, 0.6) is 11.5 Å². The Hall–Kier alpha value is -4.15. The number of esters is 3. The Balaban J connectivity index is 2.20. The van der Waals surface area contributed by atoms with E-state index in [2.05, 4.69) is 16.9 Å². The number of hydrogen-bond acceptors (Lipinski definition) is 10. The lowest BCUT2D eigenvalue weighted by atomic mass is 9.93. The smallest absolute Gasteiger partial charge is 0.332 e. The zero-order valence-electron chi connectivity index (χ0n) is 23.6. The van der Waals surface area contributed by atoms with Crippen molar-refractivity contribution >= 4 is 23.8 Å². The van der Waals surface area contributed by atoms with Crippen LogP contribution in [0.1, 0.15) is 57.4 Å². The molecule has 0 aromatic carbocycles. The molecule has 0 aliphatic carbocycles. The summed E-state index contributed by atoms with van der Waals surface area (Å²) in [6.45, 7) is 9.81. The Bertz CT molecular complexity index is 1130. The molecule has 11 nitrogen and oxygen atoms in total. The van der Waals surface area contributed by atoms with E-state index in [9.17, 15) is 19.2 Å². The average molecular weight is 559 g/mol. The van der Waals surface area contributed by atoms with E-state index < -0.39 is 55.3 Å². The van der Waals surface area contributed by atoms with E-state index in [0.29, 0.717) is 6.42 Å². The van der Waals surface area contributed by atoms with E-state index in [1.165, 1.54) is 19.4 Å². The summed E-state index contributed by atoms with van der Waals surface area (Å²) < 4.78 is 26.8. The Labute approximate surface area is 234 Å². The molecule has 1 saturated heterocycles. The van der Waals surface area contributed by atoms with Gasteiger partial charge in [-0.25, -0.2) is 9.78 Å². The van der Waals surface area contributed by atoms with Crippen LogP contribution in [-0.4, -0.2) is 61.5 Å². The van der Waals surface area contributed by atoms with Gasteiger partial charge in [0.25, 0.3) is 5.91 Å². The van der Waals surface area contributed by atoms with Gasteiger partial charge in [-0.2, -0.15) is 0 Å². The molecule has 40 heavy (non-hydrogen) atoms. The third kappa shape index (κ3) is 9.55. The number of nitrogens with zero attached hydrogens (tertiary/aromatic N) is 1. The van der Waals surface area contributed by atoms with Crippen LogP contribution in [0.3, 0.4) is 0 Å². The fraction of sp³-hybridized carbons (Fsp3) is 0.483.